The zero-order valence-corrected chi connectivity index (χ0v) is 17.2. The van der Waals surface area contributed by atoms with Crippen molar-refractivity contribution in [1.29, 1.82) is 0 Å². The van der Waals surface area contributed by atoms with Crippen molar-refractivity contribution < 1.29 is 14.3 Å². The van der Waals surface area contributed by atoms with E-state index in [1.807, 2.05) is 24.3 Å². The first-order valence-electron chi connectivity index (χ1n) is 9.34. The first-order valence-corrected chi connectivity index (χ1v) is 11.3. The Morgan fingerprint density at radius 1 is 1.07 bits per heavy atom. The number of nitrogens with one attached hydrogen (secondary N) is 1. The highest BCUT2D eigenvalue weighted by atomic mass is 32.2. The summed E-state index contributed by atoms with van der Waals surface area (Å²) in [5.41, 5.74) is 1.20. The number of rotatable bonds is 6. The quantitative estimate of drug-likeness (QED) is 0.433. The molecule has 0 spiro atoms. The number of thioether (sulfide) groups is 2. The molecule has 1 aliphatic heterocycles. The number of amides is 1. The summed E-state index contributed by atoms with van der Waals surface area (Å²) < 4.78 is 6.00. The van der Waals surface area contributed by atoms with E-state index >= 15 is 0 Å². The molecule has 27 heavy (non-hydrogen) atoms. The van der Waals surface area contributed by atoms with Gasteiger partial charge in [-0.1, -0.05) is 37.5 Å². The van der Waals surface area contributed by atoms with Gasteiger partial charge in [-0.15, -0.1) is 23.5 Å². The van der Waals surface area contributed by atoms with Crippen molar-refractivity contribution in [2.75, 3.05) is 18.6 Å². The van der Waals surface area contributed by atoms with Crippen LogP contribution in [0, 0.1) is 0 Å². The topological polar surface area (TPSA) is 55.4 Å². The monoisotopic (exact) mass is 403 g/mol. The largest absolute Gasteiger partial charge is 0.497 e. The minimum atomic E-state index is -0.226. The van der Waals surface area contributed by atoms with Crippen molar-refractivity contribution >= 4 is 41.3 Å². The van der Waals surface area contributed by atoms with Crippen molar-refractivity contribution in [2.45, 2.75) is 38.1 Å². The lowest BCUT2D eigenvalue weighted by Gasteiger charge is -2.23. The van der Waals surface area contributed by atoms with Crippen LogP contribution in [-0.4, -0.2) is 36.3 Å². The van der Waals surface area contributed by atoms with E-state index in [1.165, 1.54) is 12.5 Å². The maximum atomic E-state index is 12.9. The molecule has 4 nitrogen and oxygen atoms in total. The van der Waals surface area contributed by atoms with Gasteiger partial charge in [-0.3, -0.25) is 9.59 Å². The second-order valence-electron chi connectivity index (χ2n) is 6.64. The van der Waals surface area contributed by atoms with Gasteiger partial charge in [0.25, 0.3) is 5.91 Å². The standard InChI is InChI=1S/C21H25NO3S2/c1-25-17-10-7-15(8-11-17)9-12-18(23)19(21-26-13-14-27-21)20(24)22-16-5-3-2-4-6-16/h7-12,16H,2-6,13-14H2,1H3,(H,22,24). The average molecular weight is 404 g/mol. The summed E-state index contributed by atoms with van der Waals surface area (Å²) >= 11 is 3.21. The third-order valence-electron chi connectivity index (χ3n) is 4.71. The van der Waals surface area contributed by atoms with Crippen LogP contribution in [0.25, 0.3) is 6.08 Å². The predicted octanol–water partition coefficient (Wildman–Crippen LogP) is 4.42. The second kappa shape index (κ2) is 10.0. The molecule has 0 aromatic heterocycles. The predicted molar refractivity (Wildman–Crippen MR) is 114 cm³/mol. The number of ether oxygens (including phenoxy) is 1. The van der Waals surface area contributed by atoms with E-state index < -0.39 is 0 Å². The average Bonchev–Trinajstić information content (AvgIpc) is 3.22. The fourth-order valence-corrected chi connectivity index (χ4v) is 5.78. The fourth-order valence-electron chi connectivity index (χ4n) is 3.23. The molecule has 3 rings (SSSR count). The van der Waals surface area contributed by atoms with E-state index in [0.29, 0.717) is 5.57 Å². The van der Waals surface area contributed by atoms with Gasteiger partial charge < -0.3 is 10.1 Å². The number of allylic oxidation sites excluding steroid dienone is 1. The smallest absolute Gasteiger partial charge is 0.257 e. The normalized spacial score (nSPS) is 17.9. The number of carbonyl (C=O) groups excluding carboxylic acids is 2. The first kappa shape index (κ1) is 20.1. The molecule has 1 saturated carbocycles. The van der Waals surface area contributed by atoms with Crippen LogP contribution in [0.3, 0.4) is 0 Å². The minimum Gasteiger partial charge on any atom is -0.497 e. The molecular weight excluding hydrogens is 378 g/mol. The lowest BCUT2D eigenvalue weighted by Crippen LogP contribution is -2.38. The zero-order chi connectivity index (χ0) is 19.1. The molecule has 1 heterocycles. The van der Waals surface area contributed by atoms with E-state index in [1.54, 1.807) is 36.7 Å². The summed E-state index contributed by atoms with van der Waals surface area (Å²) in [6, 6.07) is 7.66. The summed E-state index contributed by atoms with van der Waals surface area (Å²) in [6.45, 7) is 0. The van der Waals surface area contributed by atoms with Gasteiger partial charge in [-0.25, -0.2) is 0 Å². The molecule has 0 unspecified atom stereocenters. The Morgan fingerprint density at radius 3 is 2.37 bits per heavy atom. The molecule has 1 amide bonds. The van der Waals surface area contributed by atoms with Gasteiger partial charge in [0, 0.05) is 17.5 Å². The molecule has 6 heteroatoms. The molecular formula is C21H25NO3S2. The maximum Gasteiger partial charge on any atom is 0.257 e. The van der Waals surface area contributed by atoms with Gasteiger partial charge in [0.1, 0.15) is 11.3 Å². The molecule has 1 aromatic carbocycles. The Labute approximate surface area is 169 Å². The highest BCUT2D eigenvalue weighted by Gasteiger charge is 2.27. The summed E-state index contributed by atoms with van der Waals surface area (Å²) in [5, 5.41) is 3.10. The molecule has 1 saturated heterocycles. The van der Waals surface area contributed by atoms with Gasteiger partial charge in [0.15, 0.2) is 5.78 Å². The molecule has 0 radical (unpaired) electrons. The van der Waals surface area contributed by atoms with E-state index in [9.17, 15) is 9.59 Å². The van der Waals surface area contributed by atoms with Crippen LogP contribution in [0.4, 0.5) is 0 Å². The molecule has 2 aliphatic rings. The number of benzene rings is 1. The Kier molecular flexibility index (Phi) is 7.47. The van der Waals surface area contributed by atoms with Gasteiger partial charge in [0.05, 0.1) is 11.3 Å². The summed E-state index contributed by atoms with van der Waals surface area (Å²) in [5.74, 6) is 2.21. The summed E-state index contributed by atoms with van der Waals surface area (Å²) in [4.78, 5) is 25.7. The van der Waals surface area contributed by atoms with Crippen LogP contribution in [0.15, 0.2) is 40.2 Å². The summed E-state index contributed by atoms with van der Waals surface area (Å²) in [6.07, 6.45) is 8.78. The van der Waals surface area contributed by atoms with Crippen molar-refractivity contribution in [3.8, 4) is 5.75 Å². The van der Waals surface area contributed by atoms with Gasteiger partial charge >= 0.3 is 0 Å². The highest BCUT2D eigenvalue weighted by molar-refractivity contribution is 8.25. The molecule has 1 aromatic rings. The van der Waals surface area contributed by atoms with Gasteiger partial charge in [-0.2, -0.15) is 0 Å². The Balaban J connectivity index is 1.73. The Morgan fingerprint density at radius 2 is 1.74 bits per heavy atom. The van der Waals surface area contributed by atoms with Crippen LogP contribution in [-0.2, 0) is 9.59 Å². The van der Waals surface area contributed by atoms with E-state index in [4.69, 9.17) is 4.74 Å². The van der Waals surface area contributed by atoms with Gasteiger partial charge in [0.2, 0.25) is 0 Å². The molecule has 1 aliphatic carbocycles. The van der Waals surface area contributed by atoms with Crippen LogP contribution in [0.5, 0.6) is 5.75 Å². The Hall–Kier alpha value is -1.66. The van der Waals surface area contributed by atoms with Crippen LogP contribution in [0.2, 0.25) is 0 Å². The van der Waals surface area contributed by atoms with E-state index in [2.05, 4.69) is 5.32 Å². The van der Waals surface area contributed by atoms with Crippen molar-refractivity contribution in [2.24, 2.45) is 0 Å². The molecule has 0 bridgehead atoms. The second-order valence-corrected chi connectivity index (χ2v) is 9.11. The molecule has 1 N–H and O–H groups in total. The van der Waals surface area contributed by atoms with Crippen molar-refractivity contribution in [3.63, 3.8) is 0 Å². The number of methoxy groups -OCH3 is 1. The van der Waals surface area contributed by atoms with E-state index in [0.717, 1.165) is 52.7 Å². The van der Waals surface area contributed by atoms with Crippen LogP contribution < -0.4 is 10.1 Å². The molecule has 144 valence electrons. The highest BCUT2D eigenvalue weighted by Crippen LogP contribution is 2.39. The maximum absolute atomic E-state index is 12.9. The van der Waals surface area contributed by atoms with Crippen LogP contribution >= 0.6 is 23.5 Å². The van der Waals surface area contributed by atoms with Crippen molar-refractivity contribution in [1.82, 2.24) is 5.32 Å². The lowest BCUT2D eigenvalue weighted by atomic mass is 9.95. The van der Waals surface area contributed by atoms with Crippen LogP contribution in [0.1, 0.15) is 37.7 Å². The number of ketones is 1. The third-order valence-corrected chi connectivity index (χ3v) is 7.43. The molecule has 0 atom stereocenters. The van der Waals surface area contributed by atoms with Crippen molar-refractivity contribution in [3.05, 3.63) is 45.7 Å². The zero-order valence-electron chi connectivity index (χ0n) is 15.5. The SMILES string of the molecule is COc1ccc(C=CC(=O)C(C(=O)NC2CCCCC2)=C2SCCS2)cc1. The van der Waals surface area contributed by atoms with E-state index in [-0.39, 0.29) is 17.7 Å². The van der Waals surface area contributed by atoms with Gasteiger partial charge in [-0.05, 0) is 36.6 Å². The lowest BCUT2D eigenvalue weighted by molar-refractivity contribution is -0.121. The molecule has 2 fully saturated rings. The number of hydrogen-bond acceptors (Lipinski definition) is 5. The third kappa shape index (κ3) is 5.66. The fraction of sp³-hybridized carbons (Fsp3) is 0.429. The number of carbonyl (C=O) groups is 2. The number of hydrogen-bond donors (Lipinski definition) is 1. The minimum absolute atomic E-state index is 0.191. The summed E-state index contributed by atoms with van der Waals surface area (Å²) in [7, 11) is 1.62. The first-order chi connectivity index (χ1) is 13.2. The Bertz CT molecular complexity index is 726.